The predicted octanol–water partition coefficient (Wildman–Crippen LogP) is 18.5. The quantitative estimate of drug-likeness (QED) is 0.0676. The molecule has 2 amide bonds. The van der Waals surface area contributed by atoms with Crippen molar-refractivity contribution in [1.82, 2.24) is 0 Å². The molecule has 7 nitrogen and oxygen atoms in total. The summed E-state index contributed by atoms with van der Waals surface area (Å²) in [6, 6.07) is 77.1. The smallest absolute Gasteiger partial charge is 0.255 e. The summed E-state index contributed by atoms with van der Waals surface area (Å²) in [5.74, 6) is 0.0897. The SMILES string of the molecule is CC.CC(C)C(C)(C)C(=O)c1ccc(-c2ccc(C(=O)Nc3ccc(C4(c5ccc(N)cc5)c5ccccc5-c5ccccc54)cc3)cc2)cc1.CCc1ccc(-c2ccc(C(=O)Nc3ccc(-c4ccc(N)cc4C)c(C)c3)cc2)cc1. The maximum atomic E-state index is 13.4. The van der Waals surface area contributed by atoms with Gasteiger partial charge in [-0.05, 0) is 182 Å². The van der Waals surface area contributed by atoms with Crippen LogP contribution in [0.15, 0.2) is 231 Å². The van der Waals surface area contributed by atoms with E-state index in [0.717, 1.165) is 84.8 Å². The summed E-state index contributed by atoms with van der Waals surface area (Å²) in [4.78, 5) is 39.2. The van der Waals surface area contributed by atoms with E-state index >= 15 is 0 Å². The van der Waals surface area contributed by atoms with Gasteiger partial charge in [0.15, 0.2) is 5.78 Å². The van der Waals surface area contributed by atoms with Crippen LogP contribution >= 0.6 is 0 Å². The number of benzene rings is 10. The number of carbonyl (C=O) groups is 3. The van der Waals surface area contributed by atoms with Crippen LogP contribution < -0.4 is 22.1 Å². The van der Waals surface area contributed by atoms with Crippen molar-refractivity contribution in [3.05, 3.63) is 286 Å². The molecule has 0 spiro atoms. The molecular formula is C76H74N4O3. The molecule has 0 radical (unpaired) electrons. The van der Waals surface area contributed by atoms with Crippen molar-refractivity contribution < 1.29 is 14.4 Å². The van der Waals surface area contributed by atoms with Crippen molar-refractivity contribution in [2.24, 2.45) is 11.3 Å². The highest BCUT2D eigenvalue weighted by Crippen LogP contribution is 2.56. The lowest BCUT2D eigenvalue weighted by molar-refractivity contribution is 0.0771. The second-order valence-electron chi connectivity index (χ2n) is 22.0. The van der Waals surface area contributed by atoms with Gasteiger partial charge in [-0.15, -0.1) is 0 Å². The zero-order valence-corrected chi connectivity index (χ0v) is 49.1. The molecule has 0 aromatic heterocycles. The Morgan fingerprint density at radius 3 is 1.28 bits per heavy atom. The lowest BCUT2D eigenvalue weighted by Crippen LogP contribution is -2.29. The van der Waals surface area contributed by atoms with Crippen molar-refractivity contribution in [3.63, 3.8) is 0 Å². The first-order chi connectivity index (χ1) is 40.0. The van der Waals surface area contributed by atoms with E-state index in [9.17, 15) is 14.4 Å². The highest BCUT2D eigenvalue weighted by molar-refractivity contribution is 6.06. The number of Topliss-reactive ketones (excluding diaryl/α,β-unsaturated/α-hetero) is 1. The standard InChI is InChI=1S/C45H40N2O2.C29H28N2O.C2H6/c1-29(2)44(3,4)42(48)32-17-13-30(14-18-32)31-15-19-33(20-16-31)43(49)47-37-27-23-35(24-28-37)45(34-21-25-36(46)26-22-34)40-11-7-5-9-38(40)39-10-6-8-12-41(39)45;1-4-21-5-7-22(8-6-21)23-9-11-24(12-10-23)29(32)31-26-14-16-28(20(3)18-26)27-15-13-25(30)17-19(27)2;1-2/h5-29H,46H2,1-4H3,(H,47,49);5-18H,4,30H2,1-3H3,(H,31,32);1-2H3. The minimum absolute atomic E-state index is 0.117. The summed E-state index contributed by atoms with van der Waals surface area (Å²) in [6.45, 7) is 18.4. The Morgan fingerprint density at radius 2 is 0.831 bits per heavy atom. The lowest BCUT2D eigenvalue weighted by Gasteiger charge is -2.34. The molecule has 1 aliphatic rings. The minimum atomic E-state index is -0.532. The first kappa shape index (κ1) is 58.1. The molecule has 0 fully saturated rings. The van der Waals surface area contributed by atoms with Crippen LogP contribution in [0.3, 0.4) is 0 Å². The van der Waals surface area contributed by atoms with Gasteiger partial charge in [0.05, 0.1) is 5.41 Å². The predicted molar refractivity (Wildman–Crippen MR) is 347 cm³/mol. The average Bonchev–Trinajstić information content (AvgIpc) is 1.77. The fourth-order valence-electron chi connectivity index (χ4n) is 11.0. The topological polar surface area (TPSA) is 127 Å². The molecule has 0 heterocycles. The Morgan fingerprint density at radius 1 is 0.446 bits per heavy atom. The van der Waals surface area contributed by atoms with Crippen molar-refractivity contribution >= 4 is 40.3 Å². The first-order valence-corrected chi connectivity index (χ1v) is 28.8. The molecule has 0 bridgehead atoms. The van der Waals surface area contributed by atoms with Crippen LogP contribution in [0, 0.1) is 25.2 Å². The average molecular weight is 1090 g/mol. The van der Waals surface area contributed by atoms with Gasteiger partial charge in [0, 0.05) is 44.9 Å². The molecule has 83 heavy (non-hydrogen) atoms. The summed E-state index contributed by atoms with van der Waals surface area (Å²) >= 11 is 0. The summed E-state index contributed by atoms with van der Waals surface area (Å²) in [5, 5.41) is 6.10. The number of fused-ring (bicyclic) bond motifs is 3. The number of nitrogens with two attached hydrogens (primary N) is 2. The van der Waals surface area contributed by atoms with Crippen LogP contribution in [0.4, 0.5) is 22.7 Å². The Balaban J connectivity index is 0.000000211. The number of anilines is 4. The molecule has 1 aliphatic carbocycles. The summed E-state index contributed by atoms with van der Waals surface area (Å²) in [5.41, 5.74) is 33.1. The minimum Gasteiger partial charge on any atom is -0.399 e. The van der Waals surface area contributed by atoms with E-state index in [4.69, 9.17) is 11.5 Å². The molecule has 7 heteroatoms. The number of nitrogen functional groups attached to an aromatic ring is 2. The lowest BCUT2D eigenvalue weighted by atomic mass is 9.67. The van der Waals surface area contributed by atoms with Gasteiger partial charge >= 0.3 is 0 Å². The third-order valence-corrected chi connectivity index (χ3v) is 16.4. The highest BCUT2D eigenvalue weighted by Gasteiger charge is 2.46. The maximum absolute atomic E-state index is 13.4. The zero-order chi connectivity index (χ0) is 59.0. The zero-order valence-electron chi connectivity index (χ0n) is 49.1. The molecule has 11 rings (SSSR count). The molecular weight excluding hydrogens is 1020 g/mol. The number of nitrogens with one attached hydrogen (secondary N) is 2. The first-order valence-electron chi connectivity index (χ1n) is 28.8. The van der Waals surface area contributed by atoms with E-state index in [1.165, 1.54) is 27.8 Å². The Hall–Kier alpha value is -9.59. The van der Waals surface area contributed by atoms with Gasteiger partial charge < -0.3 is 22.1 Å². The normalized spacial score (nSPS) is 11.9. The van der Waals surface area contributed by atoms with Gasteiger partial charge in [0.1, 0.15) is 0 Å². The molecule has 0 unspecified atom stereocenters. The Bertz CT molecular complexity index is 3870. The van der Waals surface area contributed by atoms with Crippen molar-refractivity contribution in [1.29, 1.82) is 0 Å². The number of rotatable bonds is 13. The van der Waals surface area contributed by atoms with Gasteiger partial charge in [0.2, 0.25) is 0 Å². The number of hydrogen-bond donors (Lipinski definition) is 4. The maximum Gasteiger partial charge on any atom is 0.255 e. The van der Waals surface area contributed by atoms with Crippen molar-refractivity contribution in [2.45, 2.75) is 74.1 Å². The fourth-order valence-corrected chi connectivity index (χ4v) is 11.0. The molecule has 0 aliphatic heterocycles. The van der Waals surface area contributed by atoms with Crippen LogP contribution in [-0.4, -0.2) is 17.6 Å². The summed E-state index contributed by atoms with van der Waals surface area (Å²) < 4.78 is 0. The van der Waals surface area contributed by atoms with Gasteiger partial charge in [-0.25, -0.2) is 0 Å². The molecule has 0 saturated heterocycles. The number of hydrogen-bond acceptors (Lipinski definition) is 5. The van der Waals surface area contributed by atoms with E-state index in [1.807, 2.05) is 161 Å². The van der Waals surface area contributed by atoms with Crippen LogP contribution in [0.25, 0.3) is 44.5 Å². The Labute approximate surface area is 490 Å². The van der Waals surface area contributed by atoms with Gasteiger partial charge in [-0.1, -0.05) is 206 Å². The van der Waals surface area contributed by atoms with E-state index < -0.39 is 10.8 Å². The Kier molecular flexibility index (Phi) is 17.5. The van der Waals surface area contributed by atoms with Gasteiger partial charge in [-0.3, -0.25) is 14.4 Å². The monoisotopic (exact) mass is 1090 g/mol. The fraction of sp³-hybridized carbons (Fsp3) is 0.171. The summed E-state index contributed by atoms with van der Waals surface area (Å²) in [7, 11) is 0. The van der Waals surface area contributed by atoms with Crippen LogP contribution in [-0.2, 0) is 11.8 Å². The largest absolute Gasteiger partial charge is 0.399 e. The van der Waals surface area contributed by atoms with Crippen LogP contribution in [0.5, 0.6) is 0 Å². The molecule has 416 valence electrons. The number of carbonyl (C=O) groups excluding carboxylic acids is 3. The highest BCUT2D eigenvalue weighted by atomic mass is 16.2. The van der Waals surface area contributed by atoms with E-state index in [2.05, 4.69) is 142 Å². The summed E-state index contributed by atoms with van der Waals surface area (Å²) in [6.07, 6.45) is 1.03. The molecule has 0 saturated carbocycles. The second kappa shape index (κ2) is 25.0. The van der Waals surface area contributed by atoms with Crippen molar-refractivity contribution in [2.75, 3.05) is 22.1 Å². The third-order valence-electron chi connectivity index (χ3n) is 16.4. The number of ketones is 1. The van der Waals surface area contributed by atoms with Crippen molar-refractivity contribution in [3.8, 4) is 44.5 Å². The van der Waals surface area contributed by atoms with E-state index in [0.29, 0.717) is 16.7 Å². The molecule has 0 atom stereocenters. The van der Waals surface area contributed by atoms with Crippen LogP contribution in [0.1, 0.15) is 118 Å². The number of aryl methyl sites for hydroxylation is 3. The van der Waals surface area contributed by atoms with E-state index in [1.54, 1.807) is 0 Å². The number of amides is 2. The molecule has 10 aromatic carbocycles. The van der Waals surface area contributed by atoms with Crippen LogP contribution in [0.2, 0.25) is 0 Å². The molecule has 6 N–H and O–H groups in total. The van der Waals surface area contributed by atoms with Gasteiger partial charge in [0.25, 0.3) is 11.8 Å². The molecule has 10 aromatic rings. The van der Waals surface area contributed by atoms with E-state index in [-0.39, 0.29) is 23.5 Å². The third kappa shape index (κ3) is 12.1. The van der Waals surface area contributed by atoms with Gasteiger partial charge in [-0.2, -0.15) is 0 Å². The second-order valence-corrected chi connectivity index (χ2v) is 22.0.